The molecule has 29 heavy (non-hydrogen) atoms. The molecule has 1 saturated heterocycles. The molecular weight excluding hydrogens is 392 g/mol. The van der Waals surface area contributed by atoms with Crippen LogP contribution < -0.4 is 5.32 Å². The van der Waals surface area contributed by atoms with Crippen LogP contribution in [0, 0.1) is 0 Å². The number of carbonyl (C=O) groups excluding carboxylic acids is 2. The predicted octanol–water partition coefficient (Wildman–Crippen LogP) is 1.000. The molecule has 0 saturated carbocycles. The second-order valence-electron chi connectivity index (χ2n) is 7.21. The summed E-state index contributed by atoms with van der Waals surface area (Å²) in [6, 6.07) is 6.24. The van der Waals surface area contributed by atoms with Crippen LogP contribution in [0.3, 0.4) is 0 Å². The molecule has 1 unspecified atom stereocenters. The number of likely N-dealkylation sites (N-methyl/N-ethyl adjacent to an activating group) is 1. The van der Waals surface area contributed by atoms with Gasteiger partial charge in [-0.2, -0.15) is 4.31 Å². The third-order valence-corrected chi connectivity index (χ3v) is 7.34. The fraction of sp³-hybridized carbons (Fsp3) is 0.600. The maximum absolute atomic E-state index is 12.8. The van der Waals surface area contributed by atoms with E-state index >= 15 is 0 Å². The number of carbonyl (C=O) groups is 2. The molecule has 2 amide bonds. The minimum absolute atomic E-state index is 0.0484. The van der Waals surface area contributed by atoms with Gasteiger partial charge in [0.15, 0.2) is 0 Å². The van der Waals surface area contributed by atoms with Crippen molar-refractivity contribution in [1.82, 2.24) is 19.4 Å². The van der Waals surface area contributed by atoms with Gasteiger partial charge in [0.05, 0.1) is 4.90 Å². The van der Waals surface area contributed by atoms with Gasteiger partial charge in [-0.3, -0.25) is 14.5 Å². The molecule has 0 bridgehead atoms. The smallest absolute Gasteiger partial charge is 0.251 e. The predicted molar refractivity (Wildman–Crippen MR) is 112 cm³/mol. The van der Waals surface area contributed by atoms with E-state index in [0.717, 1.165) is 13.1 Å². The zero-order valence-electron chi connectivity index (χ0n) is 17.7. The summed E-state index contributed by atoms with van der Waals surface area (Å²) in [5.74, 6) is -0.268. The van der Waals surface area contributed by atoms with Gasteiger partial charge in [0.1, 0.15) is 0 Å². The van der Waals surface area contributed by atoms with Gasteiger partial charge in [0.25, 0.3) is 5.91 Å². The standard InChI is InChI=1S/C20H32N4O4S/c1-5-22(6-2)16(3)15-21-20(26)18-7-9-19(10-8-18)29(27,28)24-13-11-23(12-14-24)17(4)25/h7-10,16H,5-6,11-15H2,1-4H3,(H,21,26). The number of piperazine rings is 1. The summed E-state index contributed by atoms with van der Waals surface area (Å²) in [7, 11) is -3.64. The van der Waals surface area contributed by atoms with Crippen LogP contribution >= 0.6 is 0 Å². The van der Waals surface area contributed by atoms with Crippen LogP contribution in [0.2, 0.25) is 0 Å². The van der Waals surface area contributed by atoms with Crippen LogP contribution in [0.5, 0.6) is 0 Å². The monoisotopic (exact) mass is 424 g/mol. The summed E-state index contributed by atoms with van der Waals surface area (Å²) < 4.78 is 27.0. The Labute approximate surface area is 173 Å². The Morgan fingerprint density at radius 3 is 2.10 bits per heavy atom. The van der Waals surface area contributed by atoms with Crippen molar-refractivity contribution in [2.75, 3.05) is 45.8 Å². The highest BCUT2D eigenvalue weighted by molar-refractivity contribution is 7.89. The van der Waals surface area contributed by atoms with Gasteiger partial charge in [0, 0.05) is 51.3 Å². The molecule has 0 aromatic heterocycles. The Morgan fingerprint density at radius 2 is 1.62 bits per heavy atom. The summed E-state index contributed by atoms with van der Waals surface area (Å²) in [6.07, 6.45) is 0. The number of hydrogen-bond acceptors (Lipinski definition) is 5. The van der Waals surface area contributed by atoms with E-state index in [-0.39, 0.29) is 35.8 Å². The third-order valence-electron chi connectivity index (χ3n) is 5.43. The summed E-state index contributed by atoms with van der Waals surface area (Å²) in [5.41, 5.74) is 0.428. The second-order valence-corrected chi connectivity index (χ2v) is 9.15. The minimum atomic E-state index is -3.64. The van der Waals surface area contributed by atoms with Crippen LogP contribution in [0.1, 0.15) is 38.1 Å². The molecule has 8 nitrogen and oxygen atoms in total. The van der Waals surface area contributed by atoms with Crippen LogP contribution in [0.4, 0.5) is 0 Å². The molecular formula is C20H32N4O4S. The lowest BCUT2D eigenvalue weighted by molar-refractivity contribution is -0.129. The topological polar surface area (TPSA) is 90.0 Å². The number of nitrogens with one attached hydrogen (secondary N) is 1. The SMILES string of the molecule is CCN(CC)C(C)CNC(=O)c1ccc(S(=O)(=O)N2CCN(C(C)=O)CC2)cc1. The molecule has 1 heterocycles. The quantitative estimate of drug-likeness (QED) is 0.672. The van der Waals surface area contributed by atoms with Gasteiger partial charge < -0.3 is 10.2 Å². The summed E-state index contributed by atoms with van der Waals surface area (Å²) in [6.45, 7) is 11.4. The van der Waals surface area contributed by atoms with E-state index in [0.29, 0.717) is 25.2 Å². The highest BCUT2D eigenvalue weighted by atomic mass is 32.2. The Bertz CT molecular complexity index is 798. The van der Waals surface area contributed by atoms with Crippen LogP contribution in [0.25, 0.3) is 0 Å². The molecule has 1 atom stereocenters. The maximum atomic E-state index is 12.8. The van der Waals surface area contributed by atoms with Gasteiger partial charge in [0.2, 0.25) is 15.9 Å². The lowest BCUT2D eigenvalue weighted by Gasteiger charge is -2.33. The molecule has 0 radical (unpaired) electrons. The molecule has 0 aliphatic carbocycles. The highest BCUT2D eigenvalue weighted by Crippen LogP contribution is 2.18. The first-order valence-corrected chi connectivity index (χ1v) is 11.5. The van der Waals surface area contributed by atoms with Gasteiger partial charge in [-0.1, -0.05) is 13.8 Å². The minimum Gasteiger partial charge on any atom is -0.350 e. The maximum Gasteiger partial charge on any atom is 0.251 e. The van der Waals surface area contributed by atoms with Crippen molar-refractivity contribution in [1.29, 1.82) is 0 Å². The van der Waals surface area contributed by atoms with Crippen LogP contribution in [-0.2, 0) is 14.8 Å². The van der Waals surface area contributed by atoms with E-state index in [2.05, 4.69) is 31.0 Å². The molecule has 1 aromatic rings. The van der Waals surface area contributed by atoms with E-state index < -0.39 is 10.0 Å². The Kier molecular flexibility index (Phi) is 8.18. The van der Waals surface area contributed by atoms with Crippen molar-refractivity contribution < 1.29 is 18.0 Å². The van der Waals surface area contributed by atoms with Crippen LogP contribution in [0.15, 0.2) is 29.2 Å². The first-order chi connectivity index (χ1) is 13.7. The molecule has 2 rings (SSSR count). The Balaban J connectivity index is 1.98. The first-order valence-electron chi connectivity index (χ1n) is 10.1. The fourth-order valence-corrected chi connectivity index (χ4v) is 4.91. The Morgan fingerprint density at radius 1 is 1.07 bits per heavy atom. The summed E-state index contributed by atoms with van der Waals surface area (Å²) >= 11 is 0. The van der Waals surface area contributed by atoms with Gasteiger partial charge in [-0.15, -0.1) is 0 Å². The first kappa shape index (κ1) is 23.3. The van der Waals surface area contributed by atoms with E-state index in [9.17, 15) is 18.0 Å². The molecule has 9 heteroatoms. The van der Waals surface area contributed by atoms with Crippen LogP contribution in [-0.4, -0.2) is 86.2 Å². The zero-order valence-corrected chi connectivity index (χ0v) is 18.5. The van der Waals surface area contributed by atoms with Gasteiger partial charge in [-0.05, 0) is 44.3 Å². The van der Waals surface area contributed by atoms with Crippen molar-refractivity contribution in [2.45, 2.75) is 38.6 Å². The van der Waals surface area contributed by atoms with E-state index in [1.54, 1.807) is 4.90 Å². The van der Waals surface area contributed by atoms with E-state index in [1.165, 1.54) is 35.5 Å². The van der Waals surface area contributed by atoms with Gasteiger partial charge >= 0.3 is 0 Å². The molecule has 0 spiro atoms. The number of rotatable bonds is 8. The van der Waals surface area contributed by atoms with Crippen molar-refractivity contribution in [3.05, 3.63) is 29.8 Å². The lowest BCUT2D eigenvalue weighted by Crippen LogP contribution is -2.49. The number of nitrogens with zero attached hydrogens (tertiary/aromatic N) is 3. The third kappa shape index (κ3) is 5.77. The van der Waals surface area contributed by atoms with Crippen molar-refractivity contribution in [2.24, 2.45) is 0 Å². The molecule has 1 aromatic carbocycles. The molecule has 1 N–H and O–H groups in total. The average molecular weight is 425 g/mol. The Hall–Kier alpha value is -1.97. The lowest BCUT2D eigenvalue weighted by atomic mass is 10.2. The molecule has 1 aliphatic rings. The number of amides is 2. The van der Waals surface area contributed by atoms with Crippen molar-refractivity contribution >= 4 is 21.8 Å². The molecule has 1 fully saturated rings. The second kappa shape index (κ2) is 10.2. The summed E-state index contributed by atoms with van der Waals surface area (Å²) in [4.78, 5) is 27.8. The fourth-order valence-electron chi connectivity index (χ4n) is 3.49. The van der Waals surface area contributed by atoms with Crippen molar-refractivity contribution in [3.8, 4) is 0 Å². The van der Waals surface area contributed by atoms with Crippen molar-refractivity contribution in [3.63, 3.8) is 0 Å². The number of sulfonamides is 1. The van der Waals surface area contributed by atoms with E-state index in [1.807, 2.05) is 0 Å². The van der Waals surface area contributed by atoms with Gasteiger partial charge in [-0.25, -0.2) is 8.42 Å². The zero-order chi connectivity index (χ0) is 21.6. The number of benzene rings is 1. The summed E-state index contributed by atoms with van der Waals surface area (Å²) in [5, 5.41) is 2.91. The highest BCUT2D eigenvalue weighted by Gasteiger charge is 2.29. The van der Waals surface area contributed by atoms with E-state index in [4.69, 9.17) is 0 Å². The average Bonchev–Trinajstić information content (AvgIpc) is 2.73. The molecule has 162 valence electrons. The molecule has 1 aliphatic heterocycles. The number of hydrogen-bond donors (Lipinski definition) is 1. The largest absolute Gasteiger partial charge is 0.350 e. The normalized spacial score (nSPS) is 16.7.